The number of nitrogens with zero attached hydrogens (tertiary/aromatic N) is 5. The second-order valence-corrected chi connectivity index (χ2v) is 7.00. The Morgan fingerprint density at radius 1 is 1.15 bits per heavy atom. The fourth-order valence-corrected chi connectivity index (χ4v) is 3.64. The molecule has 4 rings (SSSR count). The zero-order chi connectivity index (χ0) is 18.6. The average molecular weight is 373 g/mol. The maximum atomic E-state index is 13.9. The largest absolute Gasteiger partial charge is 0.378 e. The molecule has 0 spiro atoms. The van der Waals surface area contributed by atoms with E-state index in [1.165, 1.54) is 6.07 Å². The van der Waals surface area contributed by atoms with Crippen molar-refractivity contribution in [2.75, 3.05) is 32.8 Å². The quantitative estimate of drug-likeness (QED) is 0.789. The van der Waals surface area contributed by atoms with Crippen molar-refractivity contribution >= 4 is 5.91 Å². The zero-order valence-corrected chi connectivity index (χ0v) is 15.3. The van der Waals surface area contributed by atoms with Gasteiger partial charge in [0.05, 0.1) is 31.1 Å². The van der Waals surface area contributed by atoms with Crippen molar-refractivity contribution in [3.63, 3.8) is 0 Å². The first kappa shape index (κ1) is 18.1. The molecule has 1 fully saturated rings. The number of halogens is 1. The van der Waals surface area contributed by atoms with Gasteiger partial charge in [-0.2, -0.15) is 0 Å². The Morgan fingerprint density at radius 3 is 2.78 bits per heavy atom. The Balaban J connectivity index is 1.38. The number of aromatic nitrogens is 3. The maximum absolute atomic E-state index is 13.9. The van der Waals surface area contributed by atoms with Crippen molar-refractivity contribution in [1.82, 2.24) is 24.8 Å². The lowest BCUT2D eigenvalue weighted by Gasteiger charge is -2.28. The highest BCUT2D eigenvalue weighted by atomic mass is 19.1. The Hall–Kier alpha value is -2.32. The van der Waals surface area contributed by atoms with Gasteiger partial charge in [0.2, 0.25) is 5.91 Å². The maximum Gasteiger partial charge on any atom is 0.223 e. The van der Waals surface area contributed by atoms with Crippen LogP contribution in [-0.2, 0) is 35.6 Å². The van der Waals surface area contributed by atoms with Gasteiger partial charge < -0.3 is 9.64 Å². The lowest BCUT2D eigenvalue weighted by Crippen LogP contribution is -2.40. The number of morpholine rings is 1. The number of aryl methyl sites for hydroxylation is 1. The minimum absolute atomic E-state index is 0.138. The van der Waals surface area contributed by atoms with Gasteiger partial charge in [-0.3, -0.25) is 9.69 Å². The third kappa shape index (κ3) is 4.17. The summed E-state index contributed by atoms with van der Waals surface area (Å²) < 4.78 is 21.1. The normalized spacial score (nSPS) is 17.7. The molecule has 1 amide bonds. The van der Waals surface area contributed by atoms with Gasteiger partial charge in [-0.25, -0.2) is 9.07 Å². The van der Waals surface area contributed by atoms with E-state index in [0.717, 1.165) is 24.5 Å². The monoisotopic (exact) mass is 373 g/mol. The molecule has 144 valence electrons. The van der Waals surface area contributed by atoms with Crippen LogP contribution in [0.3, 0.4) is 0 Å². The Morgan fingerprint density at radius 2 is 1.96 bits per heavy atom. The molecule has 1 aromatic carbocycles. The fraction of sp³-hybridized carbons (Fsp3) is 0.526. The summed E-state index contributed by atoms with van der Waals surface area (Å²) >= 11 is 0. The highest BCUT2D eigenvalue weighted by Gasteiger charge is 2.24. The minimum atomic E-state index is -0.175. The number of fused-ring (bicyclic) bond motifs is 1. The average Bonchev–Trinajstić information content (AvgIpc) is 3.11. The molecular formula is C19H24FN5O2. The van der Waals surface area contributed by atoms with Gasteiger partial charge in [-0.05, 0) is 6.07 Å². The Labute approximate surface area is 157 Å². The third-order valence-corrected chi connectivity index (χ3v) is 5.21. The highest BCUT2D eigenvalue weighted by Crippen LogP contribution is 2.19. The second kappa shape index (κ2) is 8.14. The van der Waals surface area contributed by atoms with E-state index >= 15 is 0 Å². The number of hydrogen-bond acceptors (Lipinski definition) is 5. The number of carbonyl (C=O) groups excluding carboxylic acids is 1. The van der Waals surface area contributed by atoms with Crippen molar-refractivity contribution in [1.29, 1.82) is 0 Å². The van der Waals surface area contributed by atoms with Crippen LogP contribution in [0.1, 0.15) is 23.4 Å². The summed E-state index contributed by atoms with van der Waals surface area (Å²) in [4.78, 5) is 16.4. The number of amides is 1. The molecule has 1 saturated heterocycles. The van der Waals surface area contributed by atoms with Crippen molar-refractivity contribution in [2.24, 2.45) is 0 Å². The van der Waals surface area contributed by atoms with Crippen molar-refractivity contribution < 1.29 is 13.9 Å². The third-order valence-electron chi connectivity index (χ3n) is 5.21. The molecule has 27 heavy (non-hydrogen) atoms. The van der Waals surface area contributed by atoms with Gasteiger partial charge in [0, 0.05) is 51.1 Å². The van der Waals surface area contributed by atoms with Gasteiger partial charge in [-0.15, -0.1) is 5.10 Å². The standard InChI is InChI=1S/C19H24FN5O2/c20-16-4-2-1-3-15(16)13-23-7-8-25-18(14-23)17(21-22-25)5-6-19(26)24-9-11-27-12-10-24/h1-4H,5-14H2. The summed E-state index contributed by atoms with van der Waals surface area (Å²) in [5, 5.41) is 8.52. The lowest BCUT2D eigenvalue weighted by molar-refractivity contribution is -0.135. The van der Waals surface area contributed by atoms with Gasteiger partial charge in [-0.1, -0.05) is 23.4 Å². The molecule has 1 aromatic heterocycles. The molecule has 7 nitrogen and oxygen atoms in total. The minimum Gasteiger partial charge on any atom is -0.378 e. The van der Waals surface area contributed by atoms with E-state index in [2.05, 4.69) is 15.2 Å². The van der Waals surface area contributed by atoms with E-state index in [1.807, 2.05) is 21.7 Å². The van der Waals surface area contributed by atoms with Gasteiger partial charge >= 0.3 is 0 Å². The molecule has 8 heteroatoms. The second-order valence-electron chi connectivity index (χ2n) is 7.00. The number of benzene rings is 1. The molecule has 0 aliphatic carbocycles. The molecular weight excluding hydrogens is 349 g/mol. The Bertz CT molecular complexity index is 803. The molecule has 3 heterocycles. The summed E-state index contributed by atoms with van der Waals surface area (Å²) in [6.07, 6.45) is 1.01. The number of ether oxygens (including phenoxy) is 1. The molecule has 0 bridgehead atoms. The molecule has 0 radical (unpaired) electrons. The SMILES string of the molecule is O=C(CCc1nnn2c1CN(Cc1ccccc1F)CC2)N1CCOCC1. The van der Waals surface area contributed by atoms with Crippen LogP contribution in [0.25, 0.3) is 0 Å². The van der Waals surface area contributed by atoms with Gasteiger partial charge in [0.25, 0.3) is 0 Å². The van der Waals surface area contributed by atoms with E-state index in [0.29, 0.717) is 57.8 Å². The Kier molecular flexibility index (Phi) is 5.45. The first-order valence-electron chi connectivity index (χ1n) is 9.43. The predicted molar refractivity (Wildman–Crippen MR) is 96.3 cm³/mol. The molecule has 2 aromatic rings. The van der Waals surface area contributed by atoms with Crippen LogP contribution in [0, 0.1) is 5.82 Å². The lowest BCUT2D eigenvalue weighted by atomic mass is 10.1. The van der Waals surface area contributed by atoms with Gasteiger partial charge in [0.1, 0.15) is 5.82 Å². The van der Waals surface area contributed by atoms with Crippen LogP contribution in [-0.4, -0.2) is 63.5 Å². The number of hydrogen-bond donors (Lipinski definition) is 0. The van der Waals surface area contributed by atoms with E-state index in [1.54, 1.807) is 6.07 Å². The molecule has 0 unspecified atom stereocenters. The van der Waals surface area contributed by atoms with Crippen LogP contribution in [0.4, 0.5) is 4.39 Å². The van der Waals surface area contributed by atoms with Crippen LogP contribution in [0.2, 0.25) is 0 Å². The molecule has 2 aliphatic heterocycles. The van der Waals surface area contributed by atoms with E-state index in [4.69, 9.17) is 4.74 Å². The summed E-state index contributed by atoms with van der Waals surface area (Å²) in [6, 6.07) is 6.88. The van der Waals surface area contributed by atoms with Crippen molar-refractivity contribution in [3.05, 3.63) is 47.0 Å². The molecule has 0 N–H and O–H groups in total. The first-order chi connectivity index (χ1) is 13.2. The summed E-state index contributed by atoms with van der Waals surface area (Å²) in [6.45, 7) is 5.30. The van der Waals surface area contributed by atoms with Crippen LogP contribution in [0.5, 0.6) is 0 Å². The first-order valence-corrected chi connectivity index (χ1v) is 9.43. The van der Waals surface area contributed by atoms with Gasteiger partial charge in [0.15, 0.2) is 0 Å². The highest BCUT2D eigenvalue weighted by molar-refractivity contribution is 5.76. The molecule has 0 atom stereocenters. The molecule has 0 saturated carbocycles. The van der Waals surface area contributed by atoms with Crippen molar-refractivity contribution in [2.45, 2.75) is 32.5 Å². The smallest absolute Gasteiger partial charge is 0.223 e. The van der Waals surface area contributed by atoms with Crippen LogP contribution >= 0.6 is 0 Å². The summed E-state index contributed by atoms with van der Waals surface area (Å²) in [5.74, 6) is -0.0369. The zero-order valence-electron chi connectivity index (χ0n) is 15.3. The fourth-order valence-electron chi connectivity index (χ4n) is 3.64. The van der Waals surface area contributed by atoms with Crippen LogP contribution < -0.4 is 0 Å². The number of rotatable bonds is 5. The summed E-state index contributed by atoms with van der Waals surface area (Å²) in [7, 11) is 0. The van der Waals surface area contributed by atoms with Crippen molar-refractivity contribution in [3.8, 4) is 0 Å². The van der Waals surface area contributed by atoms with Crippen LogP contribution in [0.15, 0.2) is 24.3 Å². The van der Waals surface area contributed by atoms with E-state index < -0.39 is 0 Å². The summed E-state index contributed by atoms with van der Waals surface area (Å²) in [5.41, 5.74) is 2.60. The topological polar surface area (TPSA) is 63.5 Å². The van der Waals surface area contributed by atoms with E-state index in [9.17, 15) is 9.18 Å². The molecule has 2 aliphatic rings. The van der Waals surface area contributed by atoms with E-state index in [-0.39, 0.29) is 11.7 Å². The number of carbonyl (C=O) groups is 1. The predicted octanol–water partition coefficient (Wildman–Crippen LogP) is 1.22.